The summed E-state index contributed by atoms with van der Waals surface area (Å²) >= 11 is 0. The third-order valence-electron chi connectivity index (χ3n) is 4.33. The molecule has 7 nitrogen and oxygen atoms in total. The minimum Gasteiger partial charge on any atom is -0.484 e. The van der Waals surface area contributed by atoms with Crippen molar-refractivity contribution in [3.05, 3.63) is 59.7 Å². The number of benzene rings is 2. The summed E-state index contributed by atoms with van der Waals surface area (Å²) in [5.41, 5.74) is 7.59. The van der Waals surface area contributed by atoms with Crippen LogP contribution in [-0.2, 0) is 20.8 Å². The number of nitrogens with two attached hydrogens (primary N) is 1. The van der Waals surface area contributed by atoms with Crippen LogP contribution in [0, 0.1) is 0 Å². The Morgan fingerprint density at radius 3 is 2.63 bits per heavy atom. The number of carbonyl (C=O) groups excluding carboxylic acids is 3. The van der Waals surface area contributed by atoms with Crippen molar-refractivity contribution in [2.24, 2.45) is 5.73 Å². The molecule has 0 bridgehead atoms. The highest BCUT2D eigenvalue weighted by atomic mass is 16.5. The summed E-state index contributed by atoms with van der Waals surface area (Å²) in [6, 6.07) is 14.6. The molecule has 0 fully saturated rings. The zero-order valence-electron chi connectivity index (χ0n) is 14.7. The van der Waals surface area contributed by atoms with Crippen LogP contribution < -0.4 is 21.1 Å². The summed E-state index contributed by atoms with van der Waals surface area (Å²) in [5.74, 6) is -0.746. The number of para-hydroxylation sites is 1. The highest BCUT2D eigenvalue weighted by Crippen LogP contribution is 2.31. The van der Waals surface area contributed by atoms with E-state index in [1.54, 1.807) is 18.2 Å². The number of ether oxygens (including phenoxy) is 1. The van der Waals surface area contributed by atoms with Crippen LogP contribution in [0.3, 0.4) is 0 Å². The van der Waals surface area contributed by atoms with Crippen LogP contribution >= 0.6 is 0 Å². The van der Waals surface area contributed by atoms with Crippen LogP contribution in [0.2, 0.25) is 0 Å². The van der Waals surface area contributed by atoms with Gasteiger partial charge in [0, 0.05) is 18.7 Å². The largest absolute Gasteiger partial charge is 0.484 e. The minimum atomic E-state index is -0.528. The van der Waals surface area contributed by atoms with Gasteiger partial charge >= 0.3 is 0 Å². The van der Waals surface area contributed by atoms with E-state index in [2.05, 4.69) is 10.6 Å². The third kappa shape index (κ3) is 4.84. The molecule has 0 unspecified atom stereocenters. The molecule has 1 aliphatic rings. The summed E-state index contributed by atoms with van der Waals surface area (Å²) in [7, 11) is 0. The molecule has 2 aromatic carbocycles. The third-order valence-corrected chi connectivity index (χ3v) is 4.33. The Hall–Kier alpha value is -3.35. The maximum atomic E-state index is 12.5. The molecule has 7 heteroatoms. The van der Waals surface area contributed by atoms with Crippen LogP contribution in [-0.4, -0.2) is 30.9 Å². The van der Waals surface area contributed by atoms with Crippen molar-refractivity contribution >= 4 is 23.4 Å². The number of hydrogen-bond acceptors (Lipinski definition) is 4. The number of hydrogen-bond donors (Lipinski definition) is 3. The number of nitrogens with one attached hydrogen (secondary N) is 2. The van der Waals surface area contributed by atoms with Crippen molar-refractivity contribution in [1.82, 2.24) is 5.32 Å². The monoisotopic (exact) mass is 367 g/mol. The molecular formula is C20H21N3O4. The van der Waals surface area contributed by atoms with Crippen LogP contribution in [0.25, 0.3) is 0 Å². The summed E-state index contributed by atoms with van der Waals surface area (Å²) in [5, 5.41) is 5.70. The quantitative estimate of drug-likeness (QED) is 0.686. The van der Waals surface area contributed by atoms with Gasteiger partial charge in [-0.15, -0.1) is 0 Å². The second-order valence-electron chi connectivity index (χ2n) is 6.33. The van der Waals surface area contributed by atoms with Gasteiger partial charge in [0.25, 0.3) is 5.91 Å². The Morgan fingerprint density at radius 1 is 1.15 bits per heavy atom. The molecule has 3 rings (SSSR count). The summed E-state index contributed by atoms with van der Waals surface area (Å²) in [6.07, 6.45) is 0.789. The van der Waals surface area contributed by atoms with Gasteiger partial charge < -0.3 is 21.1 Å². The Kier molecular flexibility index (Phi) is 5.71. The predicted octanol–water partition coefficient (Wildman–Crippen LogP) is 1.34. The van der Waals surface area contributed by atoms with Gasteiger partial charge in [-0.2, -0.15) is 0 Å². The van der Waals surface area contributed by atoms with Gasteiger partial charge in [-0.05, 0) is 35.7 Å². The molecule has 0 saturated heterocycles. The van der Waals surface area contributed by atoms with Gasteiger partial charge in [-0.3, -0.25) is 14.4 Å². The molecule has 27 heavy (non-hydrogen) atoms. The first-order chi connectivity index (χ1) is 13.0. The van der Waals surface area contributed by atoms with Crippen molar-refractivity contribution in [2.45, 2.75) is 18.8 Å². The first-order valence-electron chi connectivity index (χ1n) is 8.69. The molecule has 1 heterocycles. The number of rotatable bonds is 7. The highest BCUT2D eigenvalue weighted by molar-refractivity contribution is 6.01. The molecule has 0 radical (unpaired) electrons. The number of carbonyl (C=O) groups is 3. The number of primary amides is 1. The van der Waals surface area contributed by atoms with Gasteiger partial charge in [-0.1, -0.05) is 30.3 Å². The SMILES string of the molecule is NC(=O)COc1ccc(CCNC(=O)[C@@H]2CC(=O)Nc3ccccc32)cc1. The second-order valence-corrected chi connectivity index (χ2v) is 6.33. The van der Waals surface area contributed by atoms with Crippen molar-refractivity contribution in [3.8, 4) is 5.75 Å². The van der Waals surface area contributed by atoms with E-state index < -0.39 is 11.8 Å². The van der Waals surface area contributed by atoms with Crippen LogP contribution in [0.15, 0.2) is 48.5 Å². The fraction of sp³-hybridized carbons (Fsp3) is 0.250. The Morgan fingerprint density at radius 2 is 1.89 bits per heavy atom. The smallest absolute Gasteiger partial charge is 0.255 e. The molecule has 0 saturated carbocycles. The Bertz CT molecular complexity index is 849. The molecule has 0 spiro atoms. The summed E-state index contributed by atoms with van der Waals surface area (Å²) in [6.45, 7) is 0.298. The van der Waals surface area contributed by atoms with E-state index in [9.17, 15) is 14.4 Å². The summed E-state index contributed by atoms with van der Waals surface area (Å²) < 4.78 is 5.21. The van der Waals surface area contributed by atoms with Crippen molar-refractivity contribution in [1.29, 1.82) is 0 Å². The fourth-order valence-corrected chi connectivity index (χ4v) is 3.01. The van der Waals surface area contributed by atoms with Crippen LogP contribution in [0.5, 0.6) is 5.75 Å². The lowest BCUT2D eigenvalue weighted by molar-refractivity contribution is -0.126. The molecule has 4 N–H and O–H groups in total. The van der Waals surface area contributed by atoms with E-state index in [0.717, 1.165) is 11.1 Å². The van der Waals surface area contributed by atoms with Crippen LogP contribution in [0.4, 0.5) is 5.69 Å². The van der Waals surface area contributed by atoms with Gasteiger partial charge in [-0.25, -0.2) is 0 Å². The lowest BCUT2D eigenvalue weighted by atomic mass is 9.90. The first-order valence-corrected chi connectivity index (χ1v) is 8.69. The molecule has 2 aromatic rings. The van der Waals surface area contributed by atoms with E-state index in [0.29, 0.717) is 24.4 Å². The Labute approximate surface area is 156 Å². The van der Waals surface area contributed by atoms with Crippen molar-refractivity contribution in [2.75, 3.05) is 18.5 Å². The summed E-state index contributed by atoms with van der Waals surface area (Å²) in [4.78, 5) is 35.1. The standard InChI is InChI=1S/C20H21N3O4/c21-18(24)12-27-14-7-5-13(6-8-14)9-10-22-20(26)16-11-19(25)23-17-4-2-1-3-15(16)17/h1-8,16H,9-12H2,(H2,21,24)(H,22,26)(H,23,25)/t16-/m1/s1. The van der Waals surface area contributed by atoms with E-state index in [4.69, 9.17) is 10.5 Å². The average Bonchev–Trinajstić information content (AvgIpc) is 2.66. The maximum absolute atomic E-state index is 12.5. The van der Waals surface area contributed by atoms with Gasteiger partial charge in [0.1, 0.15) is 5.75 Å². The zero-order chi connectivity index (χ0) is 19.2. The topological polar surface area (TPSA) is 111 Å². The molecule has 1 atom stereocenters. The Balaban J connectivity index is 1.53. The highest BCUT2D eigenvalue weighted by Gasteiger charge is 2.30. The number of amides is 3. The van der Waals surface area contributed by atoms with Gasteiger partial charge in [0.15, 0.2) is 6.61 Å². The predicted molar refractivity (Wildman–Crippen MR) is 100 cm³/mol. The number of fused-ring (bicyclic) bond motifs is 1. The van der Waals surface area contributed by atoms with Gasteiger partial charge in [0.2, 0.25) is 11.8 Å². The molecule has 140 valence electrons. The zero-order valence-corrected chi connectivity index (χ0v) is 14.7. The molecule has 1 aliphatic heterocycles. The molecule has 0 aromatic heterocycles. The van der Waals surface area contributed by atoms with E-state index in [1.807, 2.05) is 30.3 Å². The van der Waals surface area contributed by atoms with E-state index in [1.165, 1.54) is 0 Å². The molecule has 3 amide bonds. The van der Waals surface area contributed by atoms with Gasteiger partial charge in [0.05, 0.1) is 5.92 Å². The van der Waals surface area contributed by atoms with Crippen LogP contribution in [0.1, 0.15) is 23.5 Å². The fourth-order valence-electron chi connectivity index (χ4n) is 3.01. The van der Waals surface area contributed by atoms with Crippen molar-refractivity contribution in [3.63, 3.8) is 0 Å². The lowest BCUT2D eigenvalue weighted by Gasteiger charge is -2.24. The molecular weight excluding hydrogens is 346 g/mol. The normalized spacial score (nSPS) is 15.4. The lowest BCUT2D eigenvalue weighted by Crippen LogP contribution is -2.35. The molecule has 0 aliphatic carbocycles. The second kappa shape index (κ2) is 8.35. The number of anilines is 1. The maximum Gasteiger partial charge on any atom is 0.255 e. The first kappa shape index (κ1) is 18.4. The minimum absolute atomic E-state index is 0.148. The van der Waals surface area contributed by atoms with E-state index in [-0.39, 0.29) is 24.8 Å². The van der Waals surface area contributed by atoms with E-state index >= 15 is 0 Å². The average molecular weight is 367 g/mol. The van der Waals surface area contributed by atoms with Crippen molar-refractivity contribution < 1.29 is 19.1 Å².